The van der Waals surface area contributed by atoms with E-state index in [-0.39, 0.29) is 11.1 Å². The number of rotatable bonds is 1. The SMILES string of the molecule is Fc1cc([C@@H]2CO2)c(Cl)cc1Cl. The van der Waals surface area contributed by atoms with Crippen molar-refractivity contribution in [1.29, 1.82) is 0 Å². The Labute approximate surface area is 79.0 Å². The van der Waals surface area contributed by atoms with Crippen LogP contribution in [0.5, 0.6) is 0 Å². The second kappa shape index (κ2) is 2.87. The molecule has 4 heteroatoms. The number of halogens is 3. The van der Waals surface area contributed by atoms with Crippen molar-refractivity contribution in [1.82, 2.24) is 0 Å². The molecule has 0 spiro atoms. The van der Waals surface area contributed by atoms with E-state index < -0.39 is 5.82 Å². The zero-order chi connectivity index (χ0) is 8.72. The fourth-order valence-electron chi connectivity index (χ4n) is 1.01. The van der Waals surface area contributed by atoms with Gasteiger partial charge in [0, 0.05) is 10.6 Å². The van der Waals surface area contributed by atoms with Gasteiger partial charge in [-0.3, -0.25) is 0 Å². The first-order valence-electron chi connectivity index (χ1n) is 3.44. The summed E-state index contributed by atoms with van der Waals surface area (Å²) in [7, 11) is 0. The molecule has 1 aliphatic heterocycles. The third-order valence-corrected chi connectivity index (χ3v) is 2.34. The number of hydrogen-bond donors (Lipinski definition) is 0. The Morgan fingerprint density at radius 3 is 2.58 bits per heavy atom. The molecule has 1 atom stereocenters. The molecule has 1 aromatic rings. The van der Waals surface area contributed by atoms with Crippen molar-refractivity contribution in [3.8, 4) is 0 Å². The number of hydrogen-bond acceptors (Lipinski definition) is 1. The fourth-order valence-corrected chi connectivity index (χ4v) is 1.52. The van der Waals surface area contributed by atoms with Crippen LogP contribution in [0.3, 0.4) is 0 Å². The molecule has 0 amide bonds. The molecule has 1 fully saturated rings. The molecule has 1 aliphatic rings. The maximum absolute atomic E-state index is 12.9. The second-order valence-corrected chi connectivity index (χ2v) is 3.42. The largest absolute Gasteiger partial charge is 0.368 e. The average Bonchev–Trinajstić information content (AvgIpc) is 2.79. The topological polar surface area (TPSA) is 12.5 Å². The average molecular weight is 207 g/mol. The van der Waals surface area contributed by atoms with E-state index in [2.05, 4.69) is 0 Å². The lowest BCUT2D eigenvalue weighted by atomic mass is 10.1. The molecule has 0 aliphatic carbocycles. The zero-order valence-corrected chi connectivity index (χ0v) is 7.49. The highest BCUT2D eigenvalue weighted by Gasteiger charge is 2.28. The van der Waals surface area contributed by atoms with Gasteiger partial charge in [0.2, 0.25) is 0 Å². The van der Waals surface area contributed by atoms with Crippen LogP contribution in [0, 0.1) is 5.82 Å². The van der Waals surface area contributed by atoms with Crippen LogP contribution in [0.1, 0.15) is 11.7 Å². The van der Waals surface area contributed by atoms with Crippen molar-refractivity contribution in [3.63, 3.8) is 0 Å². The fraction of sp³-hybridized carbons (Fsp3) is 0.250. The van der Waals surface area contributed by atoms with Crippen LogP contribution in [0.25, 0.3) is 0 Å². The van der Waals surface area contributed by atoms with Gasteiger partial charge < -0.3 is 4.74 Å². The molecule has 0 bridgehead atoms. The minimum atomic E-state index is -0.452. The van der Waals surface area contributed by atoms with Gasteiger partial charge in [-0.25, -0.2) is 4.39 Å². The Morgan fingerprint density at radius 1 is 1.33 bits per heavy atom. The lowest BCUT2D eigenvalue weighted by molar-refractivity contribution is 0.415. The summed E-state index contributed by atoms with van der Waals surface area (Å²) in [5, 5.41) is 0.508. The van der Waals surface area contributed by atoms with Crippen LogP contribution in [0.4, 0.5) is 4.39 Å². The van der Waals surface area contributed by atoms with Crippen LogP contribution < -0.4 is 0 Å². The summed E-state index contributed by atoms with van der Waals surface area (Å²) < 4.78 is 17.9. The molecular weight excluding hydrogens is 202 g/mol. The molecule has 0 saturated carbocycles. The second-order valence-electron chi connectivity index (χ2n) is 2.61. The van der Waals surface area contributed by atoms with Crippen LogP contribution >= 0.6 is 23.2 Å². The van der Waals surface area contributed by atoms with Gasteiger partial charge in [0.1, 0.15) is 11.9 Å². The minimum absolute atomic E-state index is 0.0377. The van der Waals surface area contributed by atoms with E-state index in [1.165, 1.54) is 12.1 Å². The van der Waals surface area contributed by atoms with E-state index in [9.17, 15) is 4.39 Å². The first kappa shape index (κ1) is 8.30. The monoisotopic (exact) mass is 206 g/mol. The van der Waals surface area contributed by atoms with E-state index in [0.29, 0.717) is 17.2 Å². The smallest absolute Gasteiger partial charge is 0.142 e. The van der Waals surface area contributed by atoms with Gasteiger partial charge in [0.05, 0.1) is 11.6 Å². The van der Waals surface area contributed by atoms with Crippen LogP contribution in [0.15, 0.2) is 12.1 Å². The van der Waals surface area contributed by atoms with Gasteiger partial charge in [-0.15, -0.1) is 0 Å². The summed E-state index contributed by atoms with van der Waals surface area (Å²) in [5.41, 5.74) is 0.679. The Morgan fingerprint density at radius 2 is 2.00 bits per heavy atom. The lowest BCUT2D eigenvalue weighted by Gasteiger charge is -2.01. The maximum Gasteiger partial charge on any atom is 0.142 e. The van der Waals surface area contributed by atoms with Gasteiger partial charge in [0.25, 0.3) is 0 Å². The normalized spacial score (nSPS) is 21.1. The molecule has 12 heavy (non-hydrogen) atoms. The Hall–Kier alpha value is -0.310. The Kier molecular flexibility index (Phi) is 1.99. The predicted octanol–water partition coefficient (Wildman–Crippen LogP) is 3.20. The van der Waals surface area contributed by atoms with E-state index in [4.69, 9.17) is 27.9 Å². The van der Waals surface area contributed by atoms with Gasteiger partial charge >= 0.3 is 0 Å². The van der Waals surface area contributed by atoms with Gasteiger partial charge in [-0.1, -0.05) is 23.2 Å². The molecule has 1 heterocycles. The summed E-state index contributed by atoms with van der Waals surface area (Å²) >= 11 is 11.3. The molecular formula is C8H5Cl2FO. The molecule has 1 aromatic carbocycles. The van der Waals surface area contributed by atoms with Crippen molar-refractivity contribution < 1.29 is 9.13 Å². The third-order valence-electron chi connectivity index (χ3n) is 1.72. The first-order valence-corrected chi connectivity index (χ1v) is 4.20. The van der Waals surface area contributed by atoms with Crippen LogP contribution in [-0.4, -0.2) is 6.61 Å². The number of epoxide rings is 1. The van der Waals surface area contributed by atoms with E-state index in [0.717, 1.165) is 0 Å². The quantitative estimate of drug-likeness (QED) is 0.508. The lowest BCUT2D eigenvalue weighted by Crippen LogP contribution is -1.86. The standard InChI is InChI=1S/C8H5Cl2FO/c9-5-2-6(10)7(11)1-4(5)8-3-12-8/h1-2,8H,3H2/t8-/m0/s1. The maximum atomic E-state index is 12.9. The Bertz CT molecular complexity index is 323. The molecule has 1 nitrogen and oxygen atoms in total. The first-order chi connectivity index (χ1) is 5.68. The molecule has 0 unspecified atom stereocenters. The van der Waals surface area contributed by atoms with E-state index >= 15 is 0 Å². The number of benzene rings is 1. The summed E-state index contributed by atoms with van der Waals surface area (Å²) in [4.78, 5) is 0. The van der Waals surface area contributed by atoms with Crippen LogP contribution in [0.2, 0.25) is 10.0 Å². The summed E-state index contributed by atoms with van der Waals surface area (Å²) in [6, 6.07) is 2.72. The number of ether oxygens (including phenoxy) is 1. The van der Waals surface area contributed by atoms with E-state index in [1.54, 1.807) is 0 Å². The summed E-state index contributed by atoms with van der Waals surface area (Å²) in [6.45, 7) is 0.612. The van der Waals surface area contributed by atoms with Crippen molar-refractivity contribution in [2.24, 2.45) is 0 Å². The zero-order valence-electron chi connectivity index (χ0n) is 5.98. The molecule has 64 valence electrons. The molecule has 0 N–H and O–H groups in total. The highest BCUT2D eigenvalue weighted by Crippen LogP contribution is 2.36. The highest BCUT2D eigenvalue weighted by atomic mass is 35.5. The Balaban J connectivity index is 2.47. The summed E-state index contributed by atoms with van der Waals surface area (Å²) in [6.07, 6.45) is -0.0377. The third kappa shape index (κ3) is 1.42. The summed E-state index contributed by atoms with van der Waals surface area (Å²) in [5.74, 6) is -0.452. The van der Waals surface area contributed by atoms with Gasteiger partial charge in [-0.05, 0) is 12.1 Å². The van der Waals surface area contributed by atoms with Crippen molar-refractivity contribution >= 4 is 23.2 Å². The van der Waals surface area contributed by atoms with E-state index in [1.807, 2.05) is 0 Å². The molecule has 1 saturated heterocycles. The van der Waals surface area contributed by atoms with Crippen molar-refractivity contribution in [3.05, 3.63) is 33.6 Å². The van der Waals surface area contributed by atoms with Gasteiger partial charge in [-0.2, -0.15) is 0 Å². The van der Waals surface area contributed by atoms with Crippen molar-refractivity contribution in [2.45, 2.75) is 6.10 Å². The van der Waals surface area contributed by atoms with Crippen molar-refractivity contribution in [2.75, 3.05) is 6.61 Å². The van der Waals surface area contributed by atoms with Crippen LogP contribution in [-0.2, 0) is 4.74 Å². The molecule has 0 aromatic heterocycles. The van der Waals surface area contributed by atoms with Gasteiger partial charge in [0.15, 0.2) is 0 Å². The minimum Gasteiger partial charge on any atom is -0.368 e. The highest BCUT2D eigenvalue weighted by molar-refractivity contribution is 6.35. The molecule has 2 rings (SSSR count). The molecule has 0 radical (unpaired) electrons. The predicted molar refractivity (Wildman–Crippen MR) is 45.1 cm³/mol.